The molecular weight excluding hydrogens is 913 g/mol. The van der Waals surface area contributed by atoms with E-state index in [1.165, 1.54) is 122 Å². The lowest BCUT2D eigenvalue weighted by Gasteiger charge is -2.18. The first kappa shape index (κ1) is 70.3. The van der Waals surface area contributed by atoms with Gasteiger partial charge in [-0.1, -0.05) is 253 Å². The molecule has 0 aliphatic carbocycles. The lowest BCUT2D eigenvalue weighted by Crippen LogP contribution is -2.30. The van der Waals surface area contributed by atoms with Gasteiger partial charge in [-0.05, 0) is 122 Å². The zero-order chi connectivity index (χ0) is 53.6. The molecule has 0 bridgehead atoms. The van der Waals surface area contributed by atoms with E-state index in [1.807, 2.05) is 0 Å². The Labute approximate surface area is 457 Å². The van der Waals surface area contributed by atoms with E-state index < -0.39 is 6.10 Å². The average molecular weight is 1030 g/mol. The summed E-state index contributed by atoms with van der Waals surface area (Å²) in [4.78, 5) is 38.3. The van der Waals surface area contributed by atoms with E-state index in [0.717, 1.165) is 135 Å². The first-order chi connectivity index (χ1) is 36.5. The summed E-state index contributed by atoms with van der Waals surface area (Å²) >= 11 is 0. The number of carbonyl (C=O) groups is 3. The number of unbranched alkanes of at least 4 members (excludes halogenated alkanes) is 29. The number of hydrogen-bond donors (Lipinski definition) is 0. The number of ether oxygens (including phenoxy) is 3. The molecule has 0 aromatic heterocycles. The van der Waals surface area contributed by atoms with Crippen LogP contribution in [0.1, 0.15) is 297 Å². The van der Waals surface area contributed by atoms with Crippen molar-refractivity contribution in [1.82, 2.24) is 0 Å². The highest BCUT2D eigenvalue weighted by atomic mass is 16.6. The van der Waals surface area contributed by atoms with Crippen molar-refractivity contribution >= 4 is 17.9 Å². The van der Waals surface area contributed by atoms with Gasteiger partial charge >= 0.3 is 17.9 Å². The highest BCUT2D eigenvalue weighted by Crippen LogP contribution is 2.15. The van der Waals surface area contributed by atoms with Crippen LogP contribution < -0.4 is 0 Å². The van der Waals surface area contributed by atoms with E-state index in [-0.39, 0.29) is 31.1 Å². The average Bonchev–Trinajstić information content (AvgIpc) is 3.40. The van der Waals surface area contributed by atoms with Gasteiger partial charge in [0.2, 0.25) is 0 Å². The number of hydrogen-bond acceptors (Lipinski definition) is 6. The van der Waals surface area contributed by atoms with Crippen LogP contribution in [0.15, 0.2) is 97.2 Å². The molecule has 74 heavy (non-hydrogen) atoms. The zero-order valence-electron chi connectivity index (χ0n) is 48.6. The van der Waals surface area contributed by atoms with E-state index in [9.17, 15) is 14.4 Å². The third-order valence-corrected chi connectivity index (χ3v) is 13.3. The molecule has 6 nitrogen and oxygen atoms in total. The Balaban J connectivity index is 4.35. The van der Waals surface area contributed by atoms with Gasteiger partial charge in [-0.2, -0.15) is 0 Å². The second-order valence-corrected chi connectivity index (χ2v) is 20.6. The van der Waals surface area contributed by atoms with Crippen LogP contribution in [0.3, 0.4) is 0 Å². The summed E-state index contributed by atoms with van der Waals surface area (Å²) in [6.45, 7) is 6.48. The van der Waals surface area contributed by atoms with Crippen LogP contribution in [0.4, 0.5) is 0 Å². The maximum Gasteiger partial charge on any atom is 0.306 e. The summed E-state index contributed by atoms with van der Waals surface area (Å²) in [5.74, 6) is -0.910. The highest BCUT2D eigenvalue weighted by Gasteiger charge is 2.19. The third kappa shape index (κ3) is 59.2. The van der Waals surface area contributed by atoms with Crippen molar-refractivity contribution in [1.29, 1.82) is 0 Å². The molecule has 0 aromatic carbocycles. The molecule has 0 fully saturated rings. The molecule has 0 spiro atoms. The number of carbonyl (C=O) groups excluding carboxylic acids is 3. The van der Waals surface area contributed by atoms with Crippen molar-refractivity contribution in [2.24, 2.45) is 0 Å². The molecule has 6 heteroatoms. The van der Waals surface area contributed by atoms with Gasteiger partial charge in [-0.15, -0.1) is 0 Å². The smallest absolute Gasteiger partial charge is 0.306 e. The van der Waals surface area contributed by atoms with E-state index in [0.29, 0.717) is 19.3 Å². The van der Waals surface area contributed by atoms with Gasteiger partial charge in [0, 0.05) is 19.3 Å². The van der Waals surface area contributed by atoms with Gasteiger partial charge in [0.15, 0.2) is 6.10 Å². The van der Waals surface area contributed by atoms with Crippen molar-refractivity contribution in [2.45, 2.75) is 303 Å². The molecule has 424 valence electrons. The molecule has 0 aliphatic rings. The number of rotatable bonds is 56. The molecule has 0 rings (SSSR count). The minimum Gasteiger partial charge on any atom is -0.462 e. The molecule has 0 heterocycles. The third-order valence-electron chi connectivity index (χ3n) is 13.3. The fourth-order valence-electron chi connectivity index (χ4n) is 8.61. The Morgan fingerprint density at radius 2 is 0.527 bits per heavy atom. The maximum atomic E-state index is 12.9. The van der Waals surface area contributed by atoms with Crippen LogP contribution >= 0.6 is 0 Å². The van der Waals surface area contributed by atoms with Crippen molar-refractivity contribution in [3.8, 4) is 0 Å². The van der Waals surface area contributed by atoms with Gasteiger partial charge < -0.3 is 14.2 Å². The van der Waals surface area contributed by atoms with E-state index in [1.54, 1.807) is 0 Å². The summed E-state index contributed by atoms with van der Waals surface area (Å²) in [6, 6.07) is 0. The van der Waals surface area contributed by atoms with Crippen molar-refractivity contribution in [3.05, 3.63) is 97.2 Å². The number of allylic oxidation sites excluding steroid dienone is 16. The SMILES string of the molecule is CC/C=C\C/C=C\C/C=C\C/C=C\CCCCCCCCCCCCCCC(=O)OCC(COC(=O)CCCCCCC/C=C\C/C=C\CCCCC)OC(=O)CCCCCCC/C=C\C/C=C\CCCCCC. The summed E-state index contributed by atoms with van der Waals surface area (Å²) in [6.07, 6.45) is 82.6. The van der Waals surface area contributed by atoms with Gasteiger partial charge in [0.25, 0.3) is 0 Å². The van der Waals surface area contributed by atoms with Crippen LogP contribution in [-0.2, 0) is 28.6 Å². The molecule has 0 N–H and O–H groups in total. The van der Waals surface area contributed by atoms with Crippen molar-refractivity contribution in [2.75, 3.05) is 13.2 Å². The van der Waals surface area contributed by atoms with Crippen LogP contribution in [0, 0.1) is 0 Å². The van der Waals surface area contributed by atoms with Gasteiger partial charge in [0.1, 0.15) is 13.2 Å². The monoisotopic (exact) mass is 1030 g/mol. The molecule has 1 unspecified atom stereocenters. The summed E-state index contributed by atoms with van der Waals surface area (Å²) in [5, 5.41) is 0. The minimum atomic E-state index is -0.793. The quantitative estimate of drug-likeness (QED) is 0.0261. The lowest BCUT2D eigenvalue weighted by atomic mass is 10.0. The topological polar surface area (TPSA) is 78.9 Å². The van der Waals surface area contributed by atoms with Crippen LogP contribution in [0.25, 0.3) is 0 Å². The van der Waals surface area contributed by atoms with Gasteiger partial charge in [0.05, 0.1) is 0 Å². The van der Waals surface area contributed by atoms with E-state index >= 15 is 0 Å². The fraction of sp³-hybridized carbons (Fsp3) is 0.721. The molecule has 0 saturated carbocycles. The zero-order valence-corrected chi connectivity index (χ0v) is 48.6. The highest BCUT2D eigenvalue weighted by molar-refractivity contribution is 5.71. The van der Waals surface area contributed by atoms with Gasteiger partial charge in [-0.25, -0.2) is 0 Å². The van der Waals surface area contributed by atoms with E-state index in [2.05, 4.69) is 118 Å². The van der Waals surface area contributed by atoms with Crippen LogP contribution in [0.5, 0.6) is 0 Å². The lowest BCUT2D eigenvalue weighted by molar-refractivity contribution is -0.167. The maximum absolute atomic E-state index is 12.9. The molecule has 0 aliphatic heterocycles. The standard InChI is InChI=1S/C68H116O6/c1-4-7-10-13-16-19-22-25-28-30-31-32-33-34-35-36-37-38-41-43-46-49-52-55-58-61-67(70)73-64-65(63-72-66(69)60-57-54-51-48-45-42-39-27-24-21-18-15-12-9-6-3)74-68(71)62-59-56-53-50-47-44-40-29-26-23-20-17-14-11-8-5-2/h7,10,16,18-21,23,25,27-29,31-32,39-40,65H,4-6,8-9,11-15,17,22,24,26,30,33-38,41-64H2,1-3H3/b10-7-,19-16-,21-18-,23-20-,28-25-,32-31-,39-27-,40-29-. The Kier molecular flexibility index (Phi) is 58.8. The minimum absolute atomic E-state index is 0.0882. The summed E-state index contributed by atoms with van der Waals surface area (Å²) in [7, 11) is 0. The predicted octanol–water partition coefficient (Wildman–Crippen LogP) is 21.3. The Hall–Kier alpha value is -3.67. The van der Waals surface area contributed by atoms with Crippen LogP contribution in [-0.4, -0.2) is 37.2 Å². The van der Waals surface area contributed by atoms with E-state index in [4.69, 9.17) is 14.2 Å². The Bertz CT molecular complexity index is 1460. The molecule has 0 aromatic rings. The van der Waals surface area contributed by atoms with Crippen molar-refractivity contribution < 1.29 is 28.6 Å². The van der Waals surface area contributed by atoms with Crippen LogP contribution in [0.2, 0.25) is 0 Å². The second kappa shape index (κ2) is 61.9. The predicted molar refractivity (Wildman–Crippen MR) is 320 cm³/mol. The summed E-state index contributed by atoms with van der Waals surface area (Å²) < 4.78 is 16.9. The Morgan fingerprint density at radius 3 is 0.851 bits per heavy atom. The first-order valence-electron chi connectivity index (χ1n) is 31.2. The molecule has 1 atom stereocenters. The molecule has 0 amide bonds. The molecule has 0 radical (unpaired) electrons. The van der Waals surface area contributed by atoms with Gasteiger partial charge in [-0.3, -0.25) is 14.4 Å². The summed E-state index contributed by atoms with van der Waals surface area (Å²) in [5.41, 5.74) is 0. The first-order valence-corrected chi connectivity index (χ1v) is 31.2. The molecule has 0 saturated heterocycles. The fourth-order valence-corrected chi connectivity index (χ4v) is 8.61. The largest absolute Gasteiger partial charge is 0.462 e. The molecular formula is C68H116O6. The number of esters is 3. The Morgan fingerprint density at radius 1 is 0.284 bits per heavy atom. The normalized spacial score (nSPS) is 12.7. The van der Waals surface area contributed by atoms with Crippen molar-refractivity contribution in [3.63, 3.8) is 0 Å². The second-order valence-electron chi connectivity index (χ2n) is 20.6.